The number of hydrogen-bond acceptors (Lipinski definition) is 1. The van der Waals surface area contributed by atoms with E-state index in [0.717, 1.165) is 25.5 Å². The maximum absolute atomic E-state index is 10.6. The Morgan fingerprint density at radius 1 is 1.43 bits per heavy atom. The van der Waals surface area contributed by atoms with Crippen LogP contribution in [0.25, 0.3) is 0 Å². The highest BCUT2D eigenvalue weighted by Crippen LogP contribution is 2.33. The molecule has 0 amide bonds. The van der Waals surface area contributed by atoms with Gasteiger partial charge in [0.05, 0.1) is 0 Å². The Morgan fingerprint density at radius 2 is 2.00 bits per heavy atom. The van der Waals surface area contributed by atoms with Gasteiger partial charge in [0.1, 0.15) is 6.29 Å². The molecule has 0 aromatic rings. The Morgan fingerprint density at radius 3 is 2.36 bits per heavy atom. The van der Waals surface area contributed by atoms with Crippen molar-refractivity contribution >= 4 is 6.29 Å². The molecular formula is C13H24O. The lowest BCUT2D eigenvalue weighted by Crippen LogP contribution is -2.18. The first-order valence-electron chi connectivity index (χ1n) is 5.52. The molecular weight excluding hydrogens is 172 g/mol. The smallest absolute Gasteiger partial charge is 0.122 e. The minimum Gasteiger partial charge on any atom is -0.303 e. The largest absolute Gasteiger partial charge is 0.303 e. The number of carbonyl (C=O) groups is 1. The number of aldehydes is 1. The first-order chi connectivity index (χ1) is 6.43. The van der Waals surface area contributed by atoms with Crippen LogP contribution >= 0.6 is 0 Å². The zero-order valence-corrected chi connectivity index (χ0v) is 10.3. The fourth-order valence-corrected chi connectivity index (χ4v) is 1.65. The first-order valence-corrected chi connectivity index (χ1v) is 5.52. The first kappa shape index (κ1) is 13.4. The van der Waals surface area contributed by atoms with Crippen molar-refractivity contribution in [3.8, 4) is 0 Å². The third-order valence-electron chi connectivity index (χ3n) is 2.90. The van der Waals surface area contributed by atoms with E-state index in [9.17, 15) is 4.79 Å². The van der Waals surface area contributed by atoms with E-state index in [1.807, 2.05) is 6.92 Å². The maximum atomic E-state index is 10.6. The summed E-state index contributed by atoms with van der Waals surface area (Å²) in [7, 11) is 0. The predicted molar refractivity (Wildman–Crippen MR) is 62.3 cm³/mol. The number of hydrogen-bond donors (Lipinski definition) is 0. The molecule has 0 aromatic heterocycles. The summed E-state index contributed by atoms with van der Waals surface area (Å²) in [6, 6.07) is 0. The highest BCUT2D eigenvalue weighted by atomic mass is 16.1. The third-order valence-corrected chi connectivity index (χ3v) is 2.90. The van der Waals surface area contributed by atoms with Crippen molar-refractivity contribution < 1.29 is 4.79 Å². The van der Waals surface area contributed by atoms with E-state index in [1.54, 1.807) is 0 Å². The molecule has 0 radical (unpaired) electrons. The van der Waals surface area contributed by atoms with Gasteiger partial charge in [-0.25, -0.2) is 0 Å². The van der Waals surface area contributed by atoms with Gasteiger partial charge in [-0.1, -0.05) is 38.8 Å². The summed E-state index contributed by atoms with van der Waals surface area (Å²) in [5.41, 5.74) is 1.65. The summed E-state index contributed by atoms with van der Waals surface area (Å²) in [5.74, 6) is 0.186. The normalized spacial score (nSPS) is 16.9. The molecule has 0 bridgehead atoms. The zero-order chi connectivity index (χ0) is 11.2. The predicted octanol–water partition coefficient (Wildman–Crippen LogP) is 3.98. The van der Waals surface area contributed by atoms with Crippen LogP contribution in [0.1, 0.15) is 53.9 Å². The van der Waals surface area contributed by atoms with Gasteiger partial charge in [0, 0.05) is 5.92 Å². The van der Waals surface area contributed by atoms with Crippen LogP contribution in [0.15, 0.2) is 11.6 Å². The van der Waals surface area contributed by atoms with Crippen molar-refractivity contribution in [2.45, 2.75) is 53.9 Å². The lowest BCUT2D eigenvalue weighted by Gasteiger charge is -2.28. The summed E-state index contributed by atoms with van der Waals surface area (Å²) in [4.78, 5) is 10.6. The van der Waals surface area contributed by atoms with Crippen molar-refractivity contribution in [3.05, 3.63) is 11.6 Å². The highest BCUT2D eigenvalue weighted by molar-refractivity contribution is 5.52. The average molecular weight is 196 g/mol. The van der Waals surface area contributed by atoms with E-state index in [-0.39, 0.29) is 11.3 Å². The van der Waals surface area contributed by atoms with Gasteiger partial charge in [0.25, 0.3) is 0 Å². The second-order valence-electron chi connectivity index (χ2n) is 4.97. The van der Waals surface area contributed by atoms with Crippen molar-refractivity contribution in [3.63, 3.8) is 0 Å². The van der Waals surface area contributed by atoms with Crippen LogP contribution in [-0.4, -0.2) is 6.29 Å². The molecule has 1 nitrogen and oxygen atoms in total. The molecule has 2 atom stereocenters. The highest BCUT2D eigenvalue weighted by Gasteiger charge is 2.23. The topological polar surface area (TPSA) is 17.1 Å². The number of allylic oxidation sites excluding steroid dienone is 2. The van der Waals surface area contributed by atoms with Crippen LogP contribution in [0.4, 0.5) is 0 Å². The van der Waals surface area contributed by atoms with Crippen LogP contribution < -0.4 is 0 Å². The van der Waals surface area contributed by atoms with Gasteiger partial charge in [-0.3, -0.25) is 0 Å². The van der Waals surface area contributed by atoms with Crippen molar-refractivity contribution in [1.29, 1.82) is 0 Å². The van der Waals surface area contributed by atoms with Gasteiger partial charge in [-0.05, 0) is 32.1 Å². The van der Waals surface area contributed by atoms with E-state index in [1.165, 1.54) is 5.57 Å². The molecule has 0 heterocycles. The molecule has 1 heteroatoms. The Hall–Kier alpha value is -0.590. The van der Waals surface area contributed by atoms with Crippen molar-refractivity contribution in [2.24, 2.45) is 11.3 Å². The number of rotatable bonds is 6. The van der Waals surface area contributed by atoms with Crippen LogP contribution in [0.2, 0.25) is 0 Å². The zero-order valence-electron chi connectivity index (χ0n) is 10.3. The molecule has 0 rings (SSSR count). The average Bonchev–Trinajstić information content (AvgIpc) is 2.14. The minimum absolute atomic E-state index is 0.186. The van der Waals surface area contributed by atoms with E-state index >= 15 is 0 Å². The number of carbonyl (C=O) groups excluding carboxylic acids is 1. The van der Waals surface area contributed by atoms with Gasteiger partial charge in [0.2, 0.25) is 0 Å². The van der Waals surface area contributed by atoms with Crippen molar-refractivity contribution in [1.82, 2.24) is 0 Å². The summed E-state index contributed by atoms with van der Waals surface area (Å²) < 4.78 is 0. The Bertz CT molecular complexity index is 201. The van der Waals surface area contributed by atoms with E-state index in [2.05, 4.69) is 33.8 Å². The molecule has 0 aromatic carbocycles. The van der Waals surface area contributed by atoms with Crippen molar-refractivity contribution in [2.75, 3.05) is 0 Å². The molecule has 0 fully saturated rings. The molecule has 82 valence electrons. The lowest BCUT2D eigenvalue weighted by atomic mass is 9.76. The molecule has 0 aliphatic carbocycles. The fraction of sp³-hybridized carbons (Fsp3) is 0.769. The standard InChI is InChI=1S/C13H24O/c1-6-13(5,8-7-11(2)3)9-12(4)10-14/h7,10,12H,6,8-9H2,1-5H3. The van der Waals surface area contributed by atoms with E-state index in [4.69, 9.17) is 0 Å². The quantitative estimate of drug-likeness (QED) is 0.464. The summed E-state index contributed by atoms with van der Waals surface area (Å²) in [6.45, 7) is 10.7. The van der Waals surface area contributed by atoms with Crippen LogP contribution in [0.3, 0.4) is 0 Å². The monoisotopic (exact) mass is 196 g/mol. The minimum atomic E-state index is 0.186. The molecule has 14 heavy (non-hydrogen) atoms. The Kier molecular flexibility index (Phi) is 5.75. The molecule has 0 aliphatic rings. The third kappa shape index (κ3) is 5.21. The van der Waals surface area contributed by atoms with E-state index in [0.29, 0.717) is 0 Å². The lowest BCUT2D eigenvalue weighted by molar-refractivity contribution is -0.111. The molecule has 0 saturated carbocycles. The van der Waals surface area contributed by atoms with Gasteiger partial charge >= 0.3 is 0 Å². The summed E-state index contributed by atoms with van der Waals surface area (Å²) in [6.07, 6.45) is 6.56. The Balaban J connectivity index is 4.31. The summed E-state index contributed by atoms with van der Waals surface area (Å²) in [5, 5.41) is 0. The maximum Gasteiger partial charge on any atom is 0.122 e. The van der Waals surface area contributed by atoms with Gasteiger partial charge in [0.15, 0.2) is 0 Å². The SMILES string of the molecule is CCC(C)(CC=C(C)C)CC(C)C=O. The molecule has 0 spiro atoms. The molecule has 2 unspecified atom stereocenters. The van der Waals surface area contributed by atoms with E-state index < -0.39 is 0 Å². The second kappa shape index (κ2) is 6.00. The Labute approximate surface area is 88.6 Å². The molecule has 0 saturated heterocycles. The van der Waals surface area contributed by atoms with Gasteiger partial charge in [-0.2, -0.15) is 0 Å². The van der Waals surface area contributed by atoms with Gasteiger partial charge < -0.3 is 4.79 Å². The van der Waals surface area contributed by atoms with Gasteiger partial charge in [-0.15, -0.1) is 0 Å². The molecule has 0 N–H and O–H groups in total. The van der Waals surface area contributed by atoms with Crippen LogP contribution in [0.5, 0.6) is 0 Å². The second-order valence-corrected chi connectivity index (χ2v) is 4.97. The van der Waals surface area contributed by atoms with Crippen LogP contribution in [-0.2, 0) is 4.79 Å². The van der Waals surface area contributed by atoms with Crippen LogP contribution in [0, 0.1) is 11.3 Å². The summed E-state index contributed by atoms with van der Waals surface area (Å²) >= 11 is 0. The molecule has 0 aliphatic heterocycles. The fourth-order valence-electron chi connectivity index (χ4n) is 1.65.